The fraction of sp³-hybridized carbons (Fsp3) is 0.364. The zero-order chi connectivity index (χ0) is 15.2. The summed E-state index contributed by atoms with van der Waals surface area (Å²) in [5.41, 5.74) is 0.534. The summed E-state index contributed by atoms with van der Waals surface area (Å²) in [6.07, 6.45) is -4.36. The second-order valence-corrected chi connectivity index (χ2v) is 3.92. The van der Waals surface area contributed by atoms with Gasteiger partial charge in [-0.1, -0.05) is 12.1 Å². The van der Waals surface area contributed by atoms with Crippen molar-refractivity contribution in [3.8, 4) is 0 Å². The number of hydrogen-bond donors (Lipinski definition) is 2. The van der Waals surface area contributed by atoms with Gasteiger partial charge in [0.15, 0.2) is 0 Å². The molecule has 20 heavy (non-hydrogen) atoms. The predicted octanol–water partition coefficient (Wildman–Crippen LogP) is 1.36. The van der Waals surface area contributed by atoms with Crippen molar-refractivity contribution < 1.29 is 22.9 Å². The van der Waals surface area contributed by atoms with Gasteiger partial charge in [-0.25, -0.2) is 0 Å². The summed E-state index contributed by atoms with van der Waals surface area (Å²) in [6.45, 7) is -1.60. The largest absolute Gasteiger partial charge is 0.401 e. The molecule has 6 nitrogen and oxygen atoms in total. The van der Waals surface area contributed by atoms with Gasteiger partial charge in [-0.15, -0.1) is 0 Å². The molecule has 0 aromatic heterocycles. The lowest BCUT2D eigenvalue weighted by Crippen LogP contribution is -2.37. The van der Waals surface area contributed by atoms with Gasteiger partial charge < -0.3 is 10.6 Å². The van der Waals surface area contributed by atoms with Crippen molar-refractivity contribution >= 4 is 11.6 Å². The molecule has 0 spiro atoms. The van der Waals surface area contributed by atoms with Crippen molar-refractivity contribution in [3.63, 3.8) is 0 Å². The van der Waals surface area contributed by atoms with Gasteiger partial charge in [0.1, 0.15) is 0 Å². The minimum Gasteiger partial charge on any atom is -0.351 e. The predicted molar refractivity (Wildman–Crippen MR) is 63.9 cm³/mol. The number of halogens is 3. The lowest BCUT2D eigenvalue weighted by molar-refractivity contribution is -0.384. The van der Waals surface area contributed by atoms with Crippen LogP contribution in [0.5, 0.6) is 0 Å². The molecule has 0 heterocycles. The molecule has 1 rings (SSSR count). The lowest BCUT2D eigenvalue weighted by atomic mass is 10.2. The summed E-state index contributed by atoms with van der Waals surface area (Å²) in [5.74, 6) is -0.590. The smallest absolute Gasteiger partial charge is 0.351 e. The molecule has 0 unspecified atom stereocenters. The molecule has 2 N–H and O–H groups in total. The number of benzene rings is 1. The molecule has 0 bridgehead atoms. The van der Waals surface area contributed by atoms with Gasteiger partial charge in [-0.3, -0.25) is 14.9 Å². The van der Waals surface area contributed by atoms with E-state index in [1.165, 1.54) is 24.3 Å². The van der Waals surface area contributed by atoms with Crippen molar-refractivity contribution in [1.29, 1.82) is 0 Å². The number of rotatable bonds is 6. The Kier molecular flexibility index (Phi) is 5.44. The van der Waals surface area contributed by atoms with Crippen LogP contribution in [0.3, 0.4) is 0 Å². The molecule has 0 fully saturated rings. The van der Waals surface area contributed by atoms with Crippen LogP contribution in [0.4, 0.5) is 18.9 Å². The summed E-state index contributed by atoms with van der Waals surface area (Å²) in [7, 11) is 0. The molecule has 0 radical (unpaired) electrons. The highest BCUT2D eigenvalue weighted by Gasteiger charge is 2.26. The molecular formula is C11H12F3N3O3. The van der Waals surface area contributed by atoms with Crippen LogP contribution in [-0.2, 0) is 11.3 Å². The summed E-state index contributed by atoms with van der Waals surface area (Å²) in [4.78, 5) is 21.1. The maximum absolute atomic E-state index is 11.8. The van der Waals surface area contributed by atoms with Crippen LogP contribution in [0.15, 0.2) is 24.3 Å². The Morgan fingerprint density at radius 2 is 1.85 bits per heavy atom. The number of alkyl halides is 3. The minimum atomic E-state index is -4.36. The van der Waals surface area contributed by atoms with Gasteiger partial charge in [0.2, 0.25) is 5.91 Å². The fourth-order valence-electron chi connectivity index (χ4n) is 1.32. The molecule has 0 saturated heterocycles. The maximum Gasteiger partial charge on any atom is 0.401 e. The molecule has 1 amide bonds. The van der Waals surface area contributed by atoms with Crippen molar-refractivity contribution in [1.82, 2.24) is 10.6 Å². The Morgan fingerprint density at radius 3 is 2.35 bits per heavy atom. The minimum absolute atomic E-state index is 0.0769. The van der Waals surface area contributed by atoms with Crippen LogP contribution in [0.2, 0.25) is 0 Å². The van der Waals surface area contributed by atoms with E-state index < -0.39 is 30.1 Å². The molecule has 0 aliphatic rings. The molecular weight excluding hydrogens is 279 g/mol. The van der Waals surface area contributed by atoms with E-state index in [1.807, 2.05) is 5.32 Å². The lowest BCUT2D eigenvalue weighted by Gasteiger charge is -2.08. The van der Waals surface area contributed by atoms with E-state index in [9.17, 15) is 28.1 Å². The number of nitro benzene ring substituents is 1. The van der Waals surface area contributed by atoms with E-state index in [1.54, 1.807) is 0 Å². The standard InChI is InChI=1S/C11H12F3N3O3/c12-11(13,14)7-15-6-10(18)16-5-8-1-3-9(4-2-8)17(19)20/h1-4,15H,5-7H2,(H,16,18). The number of carbonyl (C=O) groups is 1. The first kappa shape index (κ1) is 15.9. The number of amides is 1. The first-order chi connectivity index (χ1) is 9.28. The van der Waals surface area contributed by atoms with Crippen molar-refractivity contribution in [2.45, 2.75) is 12.7 Å². The zero-order valence-electron chi connectivity index (χ0n) is 10.2. The SMILES string of the molecule is O=C(CNCC(F)(F)F)NCc1ccc([N+](=O)[O-])cc1. The number of nitrogens with one attached hydrogen (secondary N) is 2. The van der Waals surface area contributed by atoms with Gasteiger partial charge in [0, 0.05) is 18.7 Å². The first-order valence-corrected chi connectivity index (χ1v) is 5.55. The summed E-state index contributed by atoms with van der Waals surface area (Å²) in [5, 5.41) is 14.8. The molecule has 0 aliphatic carbocycles. The number of hydrogen-bond acceptors (Lipinski definition) is 4. The average molecular weight is 291 g/mol. The maximum atomic E-state index is 11.8. The highest BCUT2D eigenvalue weighted by Crippen LogP contribution is 2.12. The van der Waals surface area contributed by atoms with Crippen molar-refractivity contribution in [2.75, 3.05) is 13.1 Å². The second kappa shape index (κ2) is 6.85. The zero-order valence-corrected chi connectivity index (χ0v) is 10.2. The van der Waals surface area contributed by atoms with Gasteiger partial charge >= 0.3 is 6.18 Å². The monoisotopic (exact) mass is 291 g/mol. The van der Waals surface area contributed by atoms with Gasteiger partial charge in [0.05, 0.1) is 18.0 Å². The number of carbonyl (C=O) groups excluding carboxylic acids is 1. The van der Waals surface area contributed by atoms with E-state index in [0.717, 1.165) is 0 Å². The molecule has 9 heteroatoms. The summed E-state index contributed by atoms with van der Waals surface area (Å²) >= 11 is 0. The molecule has 0 aliphatic heterocycles. The Hall–Kier alpha value is -2.16. The molecule has 0 saturated carbocycles. The summed E-state index contributed by atoms with van der Waals surface area (Å²) < 4.78 is 35.4. The molecule has 1 aromatic rings. The van der Waals surface area contributed by atoms with Gasteiger partial charge in [0.25, 0.3) is 5.69 Å². The van der Waals surface area contributed by atoms with Crippen LogP contribution < -0.4 is 10.6 Å². The fourth-order valence-corrected chi connectivity index (χ4v) is 1.32. The molecule has 1 aromatic carbocycles. The molecule has 110 valence electrons. The third-order valence-corrected chi connectivity index (χ3v) is 2.25. The van der Waals surface area contributed by atoms with Crippen molar-refractivity contribution in [2.24, 2.45) is 0 Å². The third-order valence-electron chi connectivity index (χ3n) is 2.25. The quantitative estimate of drug-likeness (QED) is 0.612. The van der Waals surface area contributed by atoms with Crippen molar-refractivity contribution in [3.05, 3.63) is 39.9 Å². The molecule has 0 atom stereocenters. The number of nitrogens with zero attached hydrogens (tertiary/aromatic N) is 1. The average Bonchev–Trinajstić information content (AvgIpc) is 2.35. The van der Waals surface area contributed by atoms with Crippen LogP contribution in [0.1, 0.15) is 5.56 Å². The third kappa shape index (κ3) is 6.14. The Balaban J connectivity index is 2.32. The topological polar surface area (TPSA) is 84.3 Å². The van der Waals surface area contributed by atoms with E-state index in [0.29, 0.717) is 5.56 Å². The van der Waals surface area contributed by atoms with E-state index in [4.69, 9.17) is 0 Å². The van der Waals surface area contributed by atoms with E-state index in [2.05, 4.69) is 5.32 Å². The van der Waals surface area contributed by atoms with Gasteiger partial charge in [-0.2, -0.15) is 13.2 Å². The highest BCUT2D eigenvalue weighted by atomic mass is 19.4. The second-order valence-electron chi connectivity index (χ2n) is 3.92. The number of nitro groups is 1. The Labute approximate surface area is 112 Å². The van der Waals surface area contributed by atoms with E-state index in [-0.39, 0.29) is 12.2 Å². The normalized spacial score (nSPS) is 11.2. The first-order valence-electron chi connectivity index (χ1n) is 5.55. The van der Waals surface area contributed by atoms with E-state index >= 15 is 0 Å². The highest BCUT2D eigenvalue weighted by molar-refractivity contribution is 5.77. The van der Waals surface area contributed by atoms with Crippen LogP contribution >= 0.6 is 0 Å². The Morgan fingerprint density at radius 1 is 1.25 bits per heavy atom. The summed E-state index contributed by atoms with van der Waals surface area (Å²) in [6, 6.07) is 5.48. The van der Waals surface area contributed by atoms with Crippen LogP contribution in [0.25, 0.3) is 0 Å². The Bertz CT molecular complexity index is 474. The van der Waals surface area contributed by atoms with Crippen LogP contribution in [0, 0.1) is 10.1 Å². The number of non-ortho nitro benzene ring substituents is 1. The van der Waals surface area contributed by atoms with Gasteiger partial charge in [-0.05, 0) is 5.56 Å². The van der Waals surface area contributed by atoms with Crippen LogP contribution in [-0.4, -0.2) is 30.1 Å².